The Balaban J connectivity index is 1.68. The Morgan fingerprint density at radius 2 is 2.00 bits per heavy atom. The molecule has 1 aliphatic rings. The smallest absolute Gasteiger partial charge is 0.0791 e. The SMILES string of the molecule is Clc1ccccc1CC1CN(c2ccncc2)CCO1. The molecule has 20 heavy (non-hydrogen) atoms. The number of aromatic nitrogens is 1. The summed E-state index contributed by atoms with van der Waals surface area (Å²) in [6.45, 7) is 2.55. The van der Waals surface area contributed by atoms with Crippen molar-refractivity contribution >= 4 is 17.3 Å². The van der Waals surface area contributed by atoms with Gasteiger partial charge in [0.15, 0.2) is 0 Å². The average molecular weight is 289 g/mol. The van der Waals surface area contributed by atoms with Gasteiger partial charge in [0.25, 0.3) is 0 Å². The summed E-state index contributed by atoms with van der Waals surface area (Å²) in [6.07, 6.45) is 4.68. The van der Waals surface area contributed by atoms with Gasteiger partial charge in [-0.2, -0.15) is 0 Å². The number of rotatable bonds is 3. The van der Waals surface area contributed by atoms with E-state index in [1.807, 2.05) is 42.7 Å². The average Bonchev–Trinajstić information content (AvgIpc) is 2.51. The van der Waals surface area contributed by atoms with Crippen LogP contribution in [0.1, 0.15) is 5.56 Å². The van der Waals surface area contributed by atoms with Crippen LogP contribution in [0.2, 0.25) is 5.02 Å². The van der Waals surface area contributed by atoms with Gasteiger partial charge in [0.1, 0.15) is 0 Å². The van der Waals surface area contributed by atoms with Crippen molar-refractivity contribution < 1.29 is 4.74 Å². The molecule has 1 saturated heterocycles. The molecule has 0 spiro atoms. The van der Waals surface area contributed by atoms with Gasteiger partial charge < -0.3 is 9.64 Å². The highest BCUT2D eigenvalue weighted by molar-refractivity contribution is 6.31. The zero-order valence-corrected chi connectivity index (χ0v) is 12.0. The molecule has 104 valence electrons. The van der Waals surface area contributed by atoms with E-state index in [9.17, 15) is 0 Å². The topological polar surface area (TPSA) is 25.4 Å². The molecule has 0 radical (unpaired) electrons. The molecule has 0 amide bonds. The van der Waals surface area contributed by atoms with E-state index in [-0.39, 0.29) is 6.10 Å². The Morgan fingerprint density at radius 3 is 2.80 bits per heavy atom. The maximum absolute atomic E-state index is 6.22. The summed E-state index contributed by atoms with van der Waals surface area (Å²) < 4.78 is 5.87. The van der Waals surface area contributed by atoms with Crippen LogP contribution in [0.15, 0.2) is 48.8 Å². The summed E-state index contributed by atoms with van der Waals surface area (Å²) in [5, 5.41) is 0.817. The molecule has 3 rings (SSSR count). The van der Waals surface area contributed by atoms with Crippen molar-refractivity contribution in [1.29, 1.82) is 0 Å². The highest BCUT2D eigenvalue weighted by Gasteiger charge is 2.21. The summed E-state index contributed by atoms with van der Waals surface area (Å²) in [6, 6.07) is 12.1. The molecular weight excluding hydrogens is 272 g/mol. The van der Waals surface area contributed by atoms with E-state index in [1.54, 1.807) is 0 Å². The van der Waals surface area contributed by atoms with Gasteiger partial charge in [-0.1, -0.05) is 29.8 Å². The summed E-state index contributed by atoms with van der Waals surface area (Å²) in [4.78, 5) is 6.40. The summed E-state index contributed by atoms with van der Waals surface area (Å²) in [5.74, 6) is 0. The zero-order chi connectivity index (χ0) is 13.8. The number of ether oxygens (including phenoxy) is 1. The van der Waals surface area contributed by atoms with Gasteiger partial charge in [-0.05, 0) is 23.8 Å². The maximum Gasteiger partial charge on any atom is 0.0791 e. The van der Waals surface area contributed by atoms with Crippen LogP contribution in [0.25, 0.3) is 0 Å². The van der Waals surface area contributed by atoms with Crippen molar-refractivity contribution in [1.82, 2.24) is 4.98 Å². The van der Waals surface area contributed by atoms with Crippen molar-refractivity contribution in [3.63, 3.8) is 0 Å². The van der Waals surface area contributed by atoms with Crippen molar-refractivity contribution in [2.24, 2.45) is 0 Å². The van der Waals surface area contributed by atoms with E-state index < -0.39 is 0 Å². The number of pyridine rings is 1. The van der Waals surface area contributed by atoms with E-state index in [1.165, 1.54) is 5.69 Å². The first-order valence-electron chi connectivity index (χ1n) is 6.83. The number of anilines is 1. The third-order valence-electron chi connectivity index (χ3n) is 3.57. The van der Waals surface area contributed by atoms with Crippen LogP contribution in [0.3, 0.4) is 0 Å². The summed E-state index contributed by atoms with van der Waals surface area (Å²) in [7, 11) is 0. The van der Waals surface area contributed by atoms with Gasteiger partial charge in [-0.15, -0.1) is 0 Å². The minimum atomic E-state index is 0.178. The molecule has 1 aromatic heterocycles. The van der Waals surface area contributed by atoms with Gasteiger partial charge in [0.05, 0.1) is 12.7 Å². The molecule has 3 nitrogen and oxygen atoms in total. The van der Waals surface area contributed by atoms with Gasteiger partial charge in [0.2, 0.25) is 0 Å². The zero-order valence-electron chi connectivity index (χ0n) is 11.2. The number of hydrogen-bond acceptors (Lipinski definition) is 3. The van der Waals surface area contributed by atoms with E-state index in [0.29, 0.717) is 0 Å². The maximum atomic E-state index is 6.22. The number of hydrogen-bond donors (Lipinski definition) is 0. The highest BCUT2D eigenvalue weighted by atomic mass is 35.5. The molecule has 0 saturated carbocycles. The minimum absolute atomic E-state index is 0.178. The molecule has 1 fully saturated rings. The predicted octanol–water partition coefficient (Wildman–Crippen LogP) is 3.18. The monoisotopic (exact) mass is 288 g/mol. The highest BCUT2D eigenvalue weighted by Crippen LogP contribution is 2.21. The van der Waals surface area contributed by atoms with Crippen LogP contribution < -0.4 is 4.90 Å². The standard InChI is InChI=1S/C16H17ClN2O/c17-16-4-2-1-3-13(16)11-15-12-19(9-10-20-15)14-5-7-18-8-6-14/h1-8,15H,9-12H2. The van der Waals surface area contributed by atoms with Crippen LogP contribution >= 0.6 is 11.6 Å². The van der Waals surface area contributed by atoms with E-state index >= 15 is 0 Å². The van der Waals surface area contributed by atoms with Crippen LogP contribution in [-0.2, 0) is 11.2 Å². The van der Waals surface area contributed by atoms with Gasteiger partial charge in [-0.3, -0.25) is 4.98 Å². The lowest BCUT2D eigenvalue weighted by Gasteiger charge is -2.34. The van der Waals surface area contributed by atoms with Gasteiger partial charge >= 0.3 is 0 Å². The van der Waals surface area contributed by atoms with Crippen LogP contribution in [-0.4, -0.2) is 30.8 Å². The second-order valence-electron chi connectivity index (χ2n) is 4.94. The van der Waals surface area contributed by atoms with Gasteiger partial charge in [-0.25, -0.2) is 0 Å². The molecule has 1 atom stereocenters. The number of nitrogens with zero attached hydrogens (tertiary/aromatic N) is 2. The first kappa shape index (κ1) is 13.4. The predicted molar refractivity (Wildman–Crippen MR) is 81.3 cm³/mol. The Morgan fingerprint density at radius 1 is 1.20 bits per heavy atom. The first-order valence-corrected chi connectivity index (χ1v) is 7.21. The Bertz CT molecular complexity index is 561. The third kappa shape index (κ3) is 3.11. The molecule has 0 aliphatic carbocycles. The second-order valence-corrected chi connectivity index (χ2v) is 5.35. The fourth-order valence-electron chi connectivity index (χ4n) is 2.54. The number of halogens is 1. The second kappa shape index (κ2) is 6.25. The normalized spacial score (nSPS) is 19.1. The lowest BCUT2D eigenvalue weighted by atomic mass is 10.1. The Hall–Kier alpha value is -1.58. The Kier molecular flexibility index (Phi) is 4.19. The molecule has 0 N–H and O–H groups in total. The summed E-state index contributed by atoms with van der Waals surface area (Å²) >= 11 is 6.22. The van der Waals surface area contributed by atoms with E-state index in [4.69, 9.17) is 16.3 Å². The Labute approximate surface area is 124 Å². The molecule has 1 aliphatic heterocycles. The van der Waals surface area contributed by atoms with E-state index in [2.05, 4.69) is 16.0 Å². The number of benzene rings is 1. The van der Waals surface area contributed by atoms with Crippen molar-refractivity contribution in [3.8, 4) is 0 Å². The first-order chi connectivity index (χ1) is 9.83. The van der Waals surface area contributed by atoms with E-state index in [0.717, 1.165) is 36.7 Å². The van der Waals surface area contributed by atoms with Crippen molar-refractivity contribution in [3.05, 3.63) is 59.4 Å². The molecule has 2 heterocycles. The summed E-state index contributed by atoms with van der Waals surface area (Å²) in [5.41, 5.74) is 2.35. The molecule has 0 bridgehead atoms. The van der Waals surface area contributed by atoms with Crippen molar-refractivity contribution in [2.75, 3.05) is 24.6 Å². The third-order valence-corrected chi connectivity index (χ3v) is 3.94. The lowest BCUT2D eigenvalue weighted by Crippen LogP contribution is -2.43. The van der Waals surface area contributed by atoms with Crippen LogP contribution in [0.4, 0.5) is 5.69 Å². The largest absolute Gasteiger partial charge is 0.374 e. The van der Waals surface area contributed by atoms with Gasteiger partial charge in [0, 0.05) is 42.6 Å². The minimum Gasteiger partial charge on any atom is -0.374 e. The molecule has 2 aromatic rings. The van der Waals surface area contributed by atoms with Crippen LogP contribution in [0.5, 0.6) is 0 Å². The molecule has 1 unspecified atom stereocenters. The fraction of sp³-hybridized carbons (Fsp3) is 0.312. The lowest BCUT2D eigenvalue weighted by molar-refractivity contribution is 0.0411. The fourth-order valence-corrected chi connectivity index (χ4v) is 2.75. The molecule has 1 aromatic carbocycles. The number of morpholine rings is 1. The molecular formula is C16H17ClN2O. The van der Waals surface area contributed by atoms with Crippen LogP contribution in [0, 0.1) is 0 Å². The van der Waals surface area contributed by atoms with Crippen molar-refractivity contribution in [2.45, 2.75) is 12.5 Å². The molecule has 4 heteroatoms. The quantitative estimate of drug-likeness (QED) is 0.867.